The molecule has 0 saturated carbocycles. The van der Waals surface area contributed by atoms with E-state index in [0.29, 0.717) is 25.7 Å². The Morgan fingerprint density at radius 1 is 1.50 bits per heavy atom. The van der Waals surface area contributed by atoms with E-state index in [1.165, 1.54) is 0 Å². The predicted molar refractivity (Wildman–Crippen MR) is 86.4 cm³/mol. The minimum atomic E-state index is 0.149. The van der Waals surface area contributed by atoms with Crippen LogP contribution in [-0.4, -0.2) is 59.6 Å². The van der Waals surface area contributed by atoms with Crippen LogP contribution >= 0.6 is 0 Å². The zero-order chi connectivity index (χ0) is 15.9. The van der Waals surface area contributed by atoms with Crippen molar-refractivity contribution < 1.29 is 9.53 Å². The molecule has 1 atom stereocenters. The number of rotatable bonds is 7. The highest BCUT2D eigenvalue weighted by molar-refractivity contribution is 5.78. The van der Waals surface area contributed by atoms with Gasteiger partial charge in [0, 0.05) is 38.1 Å². The molecular formula is C17H27N3O2. The lowest BCUT2D eigenvalue weighted by Gasteiger charge is -2.29. The van der Waals surface area contributed by atoms with Crippen LogP contribution in [0, 0.1) is 0 Å². The largest absolute Gasteiger partial charge is 0.376 e. The lowest BCUT2D eigenvalue weighted by molar-refractivity contribution is -0.134. The smallest absolute Gasteiger partial charge is 0.237 e. The van der Waals surface area contributed by atoms with E-state index in [4.69, 9.17) is 4.74 Å². The van der Waals surface area contributed by atoms with Crippen LogP contribution in [0.3, 0.4) is 0 Å². The number of pyridine rings is 1. The van der Waals surface area contributed by atoms with Gasteiger partial charge in [-0.2, -0.15) is 0 Å². The van der Waals surface area contributed by atoms with Crippen LogP contribution in [0.25, 0.3) is 0 Å². The Hall–Kier alpha value is -1.46. The molecule has 0 radical (unpaired) electrons. The van der Waals surface area contributed by atoms with Crippen LogP contribution in [-0.2, 0) is 16.1 Å². The van der Waals surface area contributed by atoms with Gasteiger partial charge in [0.25, 0.3) is 0 Å². The van der Waals surface area contributed by atoms with E-state index >= 15 is 0 Å². The molecule has 1 aliphatic rings. The number of amides is 1. The molecule has 0 bridgehead atoms. The molecule has 122 valence electrons. The van der Waals surface area contributed by atoms with Gasteiger partial charge in [0.2, 0.25) is 5.91 Å². The second-order valence-corrected chi connectivity index (χ2v) is 6.28. The molecule has 2 rings (SSSR count). The van der Waals surface area contributed by atoms with Crippen molar-refractivity contribution in [3.63, 3.8) is 0 Å². The van der Waals surface area contributed by atoms with Crippen molar-refractivity contribution >= 4 is 5.91 Å². The summed E-state index contributed by atoms with van der Waals surface area (Å²) in [5, 5.41) is 0. The van der Waals surface area contributed by atoms with Crippen molar-refractivity contribution in [2.24, 2.45) is 0 Å². The molecule has 1 saturated heterocycles. The zero-order valence-corrected chi connectivity index (χ0v) is 13.9. The molecule has 1 unspecified atom stereocenters. The first-order chi connectivity index (χ1) is 10.6. The van der Waals surface area contributed by atoms with Crippen LogP contribution in [0.5, 0.6) is 0 Å². The number of hydrogen-bond donors (Lipinski definition) is 0. The lowest BCUT2D eigenvalue weighted by atomic mass is 10.2. The van der Waals surface area contributed by atoms with Gasteiger partial charge in [0.05, 0.1) is 12.6 Å². The fourth-order valence-electron chi connectivity index (χ4n) is 2.50. The molecular weight excluding hydrogens is 278 g/mol. The fraction of sp³-hybridized carbons (Fsp3) is 0.647. The number of carbonyl (C=O) groups is 1. The molecule has 0 aliphatic carbocycles. The van der Waals surface area contributed by atoms with E-state index in [0.717, 1.165) is 25.0 Å². The Morgan fingerprint density at radius 2 is 2.32 bits per heavy atom. The van der Waals surface area contributed by atoms with Gasteiger partial charge in [-0.25, -0.2) is 0 Å². The molecule has 1 aromatic rings. The Balaban J connectivity index is 2.01. The standard InChI is InChI=1S/C17H27N3O2/c1-14(2)19(3)13-17(21)20(12-16-7-5-9-22-16)11-15-6-4-8-18-10-15/h4,6,8,10,14,16H,5,7,9,11-13H2,1-3H3. The van der Waals surface area contributed by atoms with Crippen molar-refractivity contribution in [3.05, 3.63) is 30.1 Å². The third kappa shape index (κ3) is 5.07. The van der Waals surface area contributed by atoms with Gasteiger partial charge in [-0.3, -0.25) is 14.7 Å². The molecule has 0 aromatic carbocycles. The quantitative estimate of drug-likeness (QED) is 0.772. The first-order valence-corrected chi connectivity index (χ1v) is 8.04. The van der Waals surface area contributed by atoms with Gasteiger partial charge >= 0.3 is 0 Å². The molecule has 1 amide bonds. The van der Waals surface area contributed by atoms with Gasteiger partial charge < -0.3 is 9.64 Å². The summed E-state index contributed by atoms with van der Waals surface area (Å²) in [7, 11) is 1.98. The van der Waals surface area contributed by atoms with Crippen molar-refractivity contribution in [3.8, 4) is 0 Å². The zero-order valence-electron chi connectivity index (χ0n) is 13.9. The van der Waals surface area contributed by atoms with Crippen molar-refractivity contribution in [2.75, 3.05) is 26.7 Å². The van der Waals surface area contributed by atoms with Gasteiger partial charge in [-0.15, -0.1) is 0 Å². The molecule has 1 aliphatic heterocycles. The molecule has 1 fully saturated rings. The average molecular weight is 305 g/mol. The van der Waals surface area contributed by atoms with E-state index in [2.05, 4.69) is 23.7 Å². The monoisotopic (exact) mass is 305 g/mol. The number of hydrogen-bond acceptors (Lipinski definition) is 4. The molecule has 0 spiro atoms. The first kappa shape index (κ1) is 16.9. The minimum absolute atomic E-state index is 0.149. The Bertz CT molecular complexity index is 458. The van der Waals surface area contributed by atoms with Gasteiger partial charge in [0.1, 0.15) is 0 Å². The highest BCUT2D eigenvalue weighted by Crippen LogP contribution is 2.15. The van der Waals surface area contributed by atoms with Crippen molar-refractivity contribution in [1.29, 1.82) is 0 Å². The van der Waals surface area contributed by atoms with Crippen molar-refractivity contribution in [1.82, 2.24) is 14.8 Å². The summed E-state index contributed by atoms with van der Waals surface area (Å²) in [6, 6.07) is 4.27. The normalized spacial score (nSPS) is 18.1. The number of nitrogens with zero attached hydrogens (tertiary/aromatic N) is 3. The van der Waals surface area contributed by atoms with Crippen LogP contribution in [0.1, 0.15) is 32.3 Å². The second kappa shape index (κ2) is 8.25. The summed E-state index contributed by atoms with van der Waals surface area (Å²) in [6.07, 6.45) is 5.87. The molecule has 22 heavy (non-hydrogen) atoms. The summed E-state index contributed by atoms with van der Waals surface area (Å²) in [4.78, 5) is 20.8. The first-order valence-electron chi connectivity index (χ1n) is 8.04. The van der Waals surface area contributed by atoms with E-state index in [1.54, 1.807) is 6.20 Å². The number of aromatic nitrogens is 1. The summed E-state index contributed by atoms with van der Waals surface area (Å²) in [5.74, 6) is 0.149. The highest BCUT2D eigenvalue weighted by Gasteiger charge is 2.23. The molecule has 1 aromatic heterocycles. The topological polar surface area (TPSA) is 45.7 Å². The summed E-state index contributed by atoms with van der Waals surface area (Å²) < 4.78 is 5.70. The molecule has 0 N–H and O–H groups in total. The van der Waals surface area contributed by atoms with E-state index in [9.17, 15) is 4.79 Å². The van der Waals surface area contributed by atoms with E-state index in [-0.39, 0.29) is 12.0 Å². The maximum atomic E-state index is 12.7. The van der Waals surface area contributed by atoms with E-state index in [1.807, 2.05) is 30.3 Å². The number of likely N-dealkylation sites (N-methyl/N-ethyl adjacent to an activating group) is 1. The van der Waals surface area contributed by atoms with Gasteiger partial charge in [-0.1, -0.05) is 6.07 Å². The third-order valence-electron chi connectivity index (χ3n) is 4.16. The van der Waals surface area contributed by atoms with Crippen LogP contribution in [0.4, 0.5) is 0 Å². The molecule has 5 nitrogen and oxygen atoms in total. The Kier molecular flexibility index (Phi) is 6.34. The van der Waals surface area contributed by atoms with Crippen LogP contribution in [0.2, 0.25) is 0 Å². The Labute approximate surface area is 133 Å². The van der Waals surface area contributed by atoms with Gasteiger partial charge in [-0.05, 0) is 45.4 Å². The summed E-state index contributed by atoms with van der Waals surface area (Å²) in [6.45, 7) is 6.70. The minimum Gasteiger partial charge on any atom is -0.376 e. The Morgan fingerprint density at radius 3 is 2.91 bits per heavy atom. The molecule has 2 heterocycles. The maximum Gasteiger partial charge on any atom is 0.237 e. The molecule has 5 heteroatoms. The predicted octanol–water partition coefficient (Wildman–Crippen LogP) is 1.93. The average Bonchev–Trinajstić information content (AvgIpc) is 3.00. The van der Waals surface area contributed by atoms with Crippen LogP contribution < -0.4 is 0 Å². The summed E-state index contributed by atoms with van der Waals surface area (Å²) >= 11 is 0. The van der Waals surface area contributed by atoms with Crippen LogP contribution in [0.15, 0.2) is 24.5 Å². The second-order valence-electron chi connectivity index (χ2n) is 6.28. The number of ether oxygens (including phenoxy) is 1. The summed E-state index contributed by atoms with van der Waals surface area (Å²) in [5.41, 5.74) is 1.06. The fourth-order valence-corrected chi connectivity index (χ4v) is 2.50. The lowest BCUT2D eigenvalue weighted by Crippen LogP contribution is -2.43. The third-order valence-corrected chi connectivity index (χ3v) is 4.16. The highest BCUT2D eigenvalue weighted by atomic mass is 16.5. The number of carbonyl (C=O) groups excluding carboxylic acids is 1. The van der Waals surface area contributed by atoms with Gasteiger partial charge in [0.15, 0.2) is 0 Å². The SMILES string of the molecule is CC(C)N(C)CC(=O)N(Cc1cccnc1)CC1CCCO1. The maximum absolute atomic E-state index is 12.7. The van der Waals surface area contributed by atoms with E-state index < -0.39 is 0 Å². The van der Waals surface area contributed by atoms with Crippen molar-refractivity contribution in [2.45, 2.75) is 45.4 Å².